The van der Waals surface area contributed by atoms with Crippen molar-refractivity contribution in [1.29, 1.82) is 0 Å². The van der Waals surface area contributed by atoms with E-state index in [1.54, 1.807) is 6.20 Å². The second-order valence-corrected chi connectivity index (χ2v) is 5.34. The molecule has 3 nitrogen and oxygen atoms in total. The van der Waals surface area contributed by atoms with Crippen molar-refractivity contribution in [2.45, 2.75) is 32.6 Å². The molecule has 2 heterocycles. The third-order valence-electron chi connectivity index (χ3n) is 3.64. The topological polar surface area (TPSA) is 29.0 Å². The van der Waals surface area contributed by atoms with Crippen LogP contribution in [0.5, 0.6) is 0 Å². The highest BCUT2D eigenvalue weighted by molar-refractivity contribution is 6.16. The number of halogens is 1. The smallest absolute Gasteiger partial charge is 0.147 e. The Balaban J connectivity index is 1.95. The molecule has 0 spiro atoms. The minimum atomic E-state index is 0.433. The lowest BCUT2D eigenvalue weighted by Crippen LogP contribution is -2.35. The quantitative estimate of drug-likeness (QED) is 0.776. The Morgan fingerprint density at radius 1 is 1.29 bits per heavy atom. The van der Waals surface area contributed by atoms with Crippen LogP contribution in [-0.2, 0) is 5.88 Å². The van der Waals surface area contributed by atoms with Crippen molar-refractivity contribution in [3.05, 3.63) is 18.1 Å². The SMILES string of the molecule is CC(C)C1CCN(c2cnc(CCl)cn2)CC1. The van der Waals surface area contributed by atoms with E-state index in [1.807, 2.05) is 6.20 Å². The molecule has 4 heteroatoms. The van der Waals surface area contributed by atoms with Crippen LogP contribution in [0.3, 0.4) is 0 Å². The van der Waals surface area contributed by atoms with Crippen LogP contribution >= 0.6 is 11.6 Å². The minimum absolute atomic E-state index is 0.433. The van der Waals surface area contributed by atoms with Gasteiger partial charge >= 0.3 is 0 Å². The summed E-state index contributed by atoms with van der Waals surface area (Å²) in [6, 6.07) is 0. The molecule has 17 heavy (non-hydrogen) atoms. The summed E-state index contributed by atoms with van der Waals surface area (Å²) in [7, 11) is 0. The summed E-state index contributed by atoms with van der Waals surface area (Å²) in [5, 5.41) is 0. The Labute approximate surface area is 108 Å². The zero-order valence-corrected chi connectivity index (χ0v) is 11.3. The third kappa shape index (κ3) is 3.09. The van der Waals surface area contributed by atoms with Crippen molar-refractivity contribution in [3.63, 3.8) is 0 Å². The zero-order chi connectivity index (χ0) is 12.3. The Kier molecular flexibility index (Phi) is 4.21. The van der Waals surface area contributed by atoms with E-state index < -0.39 is 0 Å². The van der Waals surface area contributed by atoms with Crippen LogP contribution in [0, 0.1) is 11.8 Å². The Morgan fingerprint density at radius 3 is 2.47 bits per heavy atom. The lowest BCUT2D eigenvalue weighted by Gasteiger charge is -2.34. The molecule has 1 fully saturated rings. The highest BCUT2D eigenvalue weighted by Crippen LogP contribution is 2.26. The van der Waals surface area contributed by atoms with Crippen molar-refractivity contribution < 1.29 is 0 Å². The third-order valence-corrected chi connectivity index (χ3v) is 3.91. The molecule has 1 aliphatic rings. The van der Waals surface area contributed by atoms with Crippen LogP contribution in [0.25, 0.3) is 0 Å². The van der Waals surface area contributed by atoms with Gasteiger partial charge in [-0.15, -0.1) is 11.6 Å². The maximum Gasteiger partial charge on any atom is 0.147 e. The molecule has 1 aliphatic heterocycles. The van der Waals surface area contributed by atoms with E-state index in [1.165, 1.54) is 12.8 Å². The lowest BCUT2D eigenvalue weighted by atomic mass is 9.87. The number of piperidine rings is 1. The first kappa shape index (κ1) is 12.6. The van der Waals surface area contributed by atoms with Gasteiger partial charge in [-0.05, 0) is 24.7 Å². The molecular formula is C13H20ClN3. The highest BCUT2D eigenvalue weighted by atomic mass is 35.5. The number of rotatable bonds is 3. The van der Waals surface area contributed by atoms with E-state index in [-0.39, 0.29) is 0 Å². The summed E-state index contributed by atoms with van der Waals surface area (Å²) in [6.45, 7) is 6.82. The van der Waals surface area contributed by atoms with Crippen molar-refractivity contribution in [2.24, 2.45) is 11.8 Å². The number of alkyl halides is 1. The van der Waals surface area contributed by atoms with Gasteiger partial charge < -0.3 is 4.90 Å². The summed E-state index contributed by atoms with van der Waals surface area (Å²) >= 11 is 5.70. The predicted molar refractivity (Wildman–Crippen MR) is 71.4 cm³/mol. The summed E-state index contributed by atoms with van der Waals surface area (Å²) < 4.78 is 0. The monoisotopic (exact) mass is 253 g/mol. The fraction of sp³-hybridized carbons (Fsp3) is 0.692. The molecule has 0 aromatic carbocycles. The molecule has 0 N–H and O–H groups in total. The van der Waals surface area contributed by atoms with E-state index in [0.717, 1.165) is 36.4 Å². The Morgan fingerprint density at radius 2 is 2.00 bits per heavy atom. The van der Waals surface area contributed by atoms with E-state index in [2.05, 4.69) is 28.7 Å². The fourth-order valence-electron chi connectivity index (χ4n) is 2.38. The summed E-state index contributed by atoms with van der Waals surface area (Å²) in [5.74, 6) is 3.08. The second-order valence-electron chi connectivity index (χ2n) is 5.07. The average Bonchev–Trinajstić information content (AvgIpc) is 2.39. The van der Waals surface area contributed by atoms with Crippen LogP contribution in [0.2, 0.25) is 0 Å². The molecular weight excluding hydrogens is 234 g/mol. The maximum atomic E-state index is 5.70. The van der Waals surface area contributed by atoms with E-state index >= 15 is 0 Å². The number of hydrogen-bond acceptors (Lipinski definition) is 3. The van der Waals surface area contributed by atoms with Crippen molar-refractivity contribution in [1.82, 2.24) is 9.97 Å². The number of hydrogen-bond donors (Lipinski definition) is 0. The van der Waals surface area contributed by atoms with E-state index in [0.29, 0.717) is 5.88 Å². The first-order valence-electron chi connectivity index (χ1n) is 6.32. The molecule has 1 aromatic rings. The van der Waals surface area contributed by atoms with Gasteiger partial charge in [-0.2, -0.15) is 0 Å². The average molecular weight is 254 g/mol. The molecule has 1 saturated heterocycles. The van der Waals surface area contributed by atoms with Crippen LogP contribution in [-0.4, -0.2) is 23.1 Å². The van der Waals surface area contributed by atoms with Gasteiger partial charge in [0, 0.05) is 13.1 Å². The molecule has 0 aliphatic carbocycles. The highest BCUT2D eigenvalue weighted by Gasteiger charge is 2.22. The number of nitrogens with zero attached hydrogens (tertiary/aromatic N) is 3. The molecule has 0 atom stereocenters. The van der Waals surface area contributed by atoms with Crippen LogP contribution < -0.4 is 4.90 Å². The first-order valence-corrected chi connectivity index (χ1v) is 6.86. The summed E-state index contributed by atoms with van der Waals surface area (Å²) in [5.41, 5.74) is 0.840. The lowest BCUT2D eigenvalue weighted by molar-refractivity contribution is 0.310. The standard InChI is InChI=1S/C13H20ClN3/c1-10(2)11-3-5-17(6-4-11)13-9-15-12(7-14)8-16-13/h8-11H,3-7H2,1-2H3. The second kappa shape index (κ2) is 5.67. The minimum Gasteiger partial charge on any atom is -0.355 e. The van der Waals surface area contributed by atoms with Gasteiger partial charge in [0.05, 0.1) is 24.0 Å². The zero-order valence-electron chi connectivity index (χ0n) is 10.6. The van der Waals surface area contributed by atoms with E-state index in [4.69, 9.17) is 11.6 Å². The molecule has 2 rings (SSSR count). The maximum absolute atomic E-state index is 5.70. The van der Waals surface area contributed by atoms with Gasteiger partial charge in [0.1, 0.15) is 5.82 Å². The normalized spacial score (nSPS) is 17.8. The van der Waals surface area contributed by atoms with Gasteiger partial charge in [0.25, 0.3) is 0 Å². The van der Waals surface area contributed by atoms with Crippen molar-refractivity contribution in [2.75, 3.05) is 18.0 Å². The van der Waals surface area contributed by atoms with Gasteiger partial charge in [0.2, 0.25) is 0 Å². The Bertz CT molecular complexity index is 342. The van der Waals surface area contributed by atoms with E-state index in [9.17, 15) is 0 Å². The first-order chi connectivity index (χ1) is 8.20. The van der Waals surface area contributed by atoms with Gasteiger partial charge in [-0.3, -0.25) is 4.98 Å². The van der Waals surface area contributed by atoms with Crippen molar-refractivity contribution >= 4 is 17.4 Å². The van der Waals surface area contributed by atoms with Crippen LogP contribution in [0.4, 0.5) is 5.82 Å². The fourth-order valence-corrected chi connectivity index (χ4v) is 2.51. The molecule has 0 bridgehead atoms. The molecule has 0 radical (unpaired) electrons. The molecule has 94 valence electrons. The number of aromatic nitrogens is 2. The molecule has 0 amide bonds. The van der Waals surface area contributed by atoms with Crippen molar-refractivity contribution in [3.8, 4) is 0 Å². The molecule has 0 saturated carbocycles. The Hall–Kier alpha value is -0.830. The summed E-state index contributed by atoms with van der Waals surface area (Å²) in [4.78, 5) is 11.0. The van der Waals surface area contributed by atoms with Gasteiger partial charge in [0.15, 0.2) is 0 Å². The molecule has 0 unspecified atom stereocenters. The van der Waals surface area contributed by atoms with Crippen LogP contribution in [0.15, 0.2) is 12.4 Å². The molecule has 1 aromatic heterocycles. The largest absolute Gasteiger partial charge is 0.355 e. The van der Waals surface area contributed by atoms with Gasteiger partial charge in [-0.25, -0.2) is 4.98 Å². The van der Waals surface area contributed by atoms with Gasteiger partial charge in [-0.1, -0.05) is 13.8 Å². The summed E-state index contributed by atoms with van der Waals surface area (Å²) in [6.07, 6.45) is 6.14. The predicted octanol–water partition coefficient (Wildman–Crippen LogP) is 3.09. The number of anilines is 1. The van der Waals surface area contributed by atoms with Crippen LogP contribution in [0.1, 0.15) is 32.4 Å².